The summed E-state index contributed by atoms with van der Waals surface area (Å²) in [5.74, 6) is -0.124. The number of ether oxygens (including phenoxy) is 1. The van der Waals surface area contributed by atoms with E-state index in [0.29, 0.717) is 12.3 Å². The van der Waals surface area contributed by atoms with Crippen molar-refractivity contribution in [3.05, 3.63) is 126 Å². The van der Waals surface area contributed by atoms with Crippen LogP contribution in [0.15, 0.2) is 109 Å². The molecule has 1 N–H and O–H groups in total. The summed E-state index contributed by atoms with van der Waals surface area (Å²) >= 11 is 0. The fourth-order valence-corrected chi connectivity index (χ4v) is 4.56. The van der Waals surface area contributed by atoms with Gasteiger partial charge in [0.15, 0.2) is 0 Å². The van der Waals surface area contributed by atoms with Gasteiger partial charge in [0.2, 0.25) is 0 Å². The van der Waals surface area contributed by atoms with Crippen molar-refractivity contribution in [3.8, 4) is 16.9 Å². The number of carboxylic acids is 1. The van der Waals surface area contributed by atoms with Gasteiger partial charge in [-0.3, -0.25) is 9.69 Å². The number of carboxylic acid groups (broad SMARTS) is 1. The maximum atomic E-state index is 12.2. The maximum Gasteiger partial charge on any atom is 0.305 e. The van der Waals surface area contributed by atoms with Crippen LogP contribution in [0.2, 0.25) is 0 Å². The first kappa shape index (κ1) is 24.2. The zero-order valence-electron chi connectivity index (χ0n) is 20.2. The van der Waals surface area contributed by atoms with E-state index >= 15 is 0 Å². The first-order valence-corrected chi connectivity index (χ1v) is 11.9. The van der Waals surface area contributed by atoms with Gasteiger partial charge >= 0.3 is 5.97 Å². The molecule has 0 aromatic heterocycles. The molecule has 4 aromatic rings. The van der Waals surface area contributed by atoms with E-state index in [1.807, 2.05) is 66.7 Å². The third-order valence-corrected chi connectivity index (χ3v) is 6.41. The van der Waals surface area contributed by atoms with Gasteiger partial charge in [0.05, 0.1) is 13.5 Å². The normalized spacial score (nSPS) is 12.8. The second-order valence-electron chi connectivity index (χ2n) is 8.72. The molecular formula is C31H31NO3. The zero-order chi connectivity index (χ0) is 24.6. The summed E-state index contributed by atoms with van der Waals surface area (Å²) in [5, 5.41) is 9.97. The lowest BCUT2D eigenvalue weighted by atomic mass is 9.93. The minimum absolute atomic E-state index is 0.00728. The molecule has 0 radical (unpaired) electrons. The highest BCUT2D eigenvalue weighted by atomic mass is 16.5. The van der Waals surface area contributed by atoms with Crippen LogP contribution in [0.25, 0.3) is 11.1 Å². The van der Waals surface area contributed by atoms with E-state index < -0.39 is 5.97 Å². The Morgan fingerprint density at radius 1 is 0.800 bits per heavy atom. The fourth-order valence-electron chi connectivity index (χ4n) is 4.56. The Morgan fingerprint density at radius 2 is 1.40 bits per heavy atom. The average Bonchev–Trinajstić information content (AvgIpc) is 2.91. The molecule has 0 bridgehead atoms. The summed E-state index contributed by atoms with van der Waals surface area (Å²) < 4.78 is 5.65. The molecule has 4 heteroatoms. The van der Waals surface area contributed by atoms with E-state index in [9.17, 15) is 9.90 Å². The van der Waals surface area contributed by atoms with Crippen LogP contribution in [-0.2, 0) is 11.3 Å². The Labute approximate surface area is 207 Å². The summed E-state index contributed by atoms with van der Waals surface area (Å²) in [6.45, 7) is 2.76. The van der Waals surface area contributed by atoms with Crippen molar-refractivity contribution < 1.29 is 14.6 Å². The molecule has 4 aromatic carbocycles. The lowest BCUT2D eigenvalue weighted by molar-refractivity contribution is -0.138. The number of nitrogens with zero attached hydrogens (tertiary/aromatic N) is 1. The summed E-state index contributed by atoms with van der Waals surface area (Å²) in [6.07, 6.45) is -0.0224. The summed E-state index contributed by atoms with van der Waals surface area (Å²) in [6, 6.07) is 36.3. The van der Waals surface area contributed by atoms with Crippen molar-refractivity contribution >= 4 is 5.97 Å². The van der Waals surface area contributed by atoms with Crippen LogP contribution in [0.1, 0.15) is 42.1 Å². The highest BCUT2D eigenvalue weighted by Crippen LogP contribution is 2.38. The Hall–Kier alpha value is -3.89. The molecule has 0 heterocycles. The molecule has 1 unspecified atom stereocenters. The molecule has 0 fully saturated rings. The highest BCUT2D eigenvalue weighted by Gasteiger charge is 2.29. The average molecular weight is 466 g/mol. The Balaban J connectivity index is 1.83. The van der Waals surface area contributed by atoms with Crippen LogP contribution in [0.4, 0.5) is 0 Å². The molecule has 0 aliphatic carbocycles. The van der Waals surface area contributed by atoms with E-state index in [-0.39, 0.29) is 18.5 Å². The van der Waals surface area contributed by atoms with Crippen molar-refractivity contribution in [1.29, 1.82) is 0 Å². The lowest BCUT2D eigenvalue weighted by Crippen LogP contribution is -2.32. The molecule has 0 saturated heterocycles. The van der Waals surface area contributed by atoms with Crippen LogP contribution in [0.3, 0.4) is 0 Å². The third kappa shape index (κ3) is 6.17. The quantitative estimate of drug-likeness (QED) is 0.270. The molecule has 178 valence electrons. The molecular weight excluding hydrogens is 434 g/mol. The van der Waals surface area contributed by atoms with Gasteiger partial charge in [0.25, 0.3) is 0 Å². The highest BCUT2D eigenvalue weighted by molar-refractivity contribution is 5.70. The number of carbonyl (C=O) groups is 1. The summed E-state index contributed by atoms with van der Waals surface area (Å²) in [4.78, 5) is 14.4. The standard InChI is InChI=1S/C31H31NO3/c1-23(25-14-8-4-9-15-25)32(22-24-12-6-3-7-13-24)30(21-31(33)34)28-18-27(19-29(20-28)35-2)26-16-10-5-11-17-26/h3-20,23,30H,21-22H2,1-2H3,(H,33,34)/t23-,30?/m1/s1. The Kier molecular flexibility index (Phi) is 7.96. The molecule has 0 amide bonds. The molecule has 35 heavy (non-hydrogen) atoms. The van der Waals surface area contributed by atoms with Gasteiger partial charge in [-0.1, -0.05) is 91.0 Å². The van der Waals surface area contributed by atoms with Gasteiger partial charge < -0.3 is 9.84 Å². The van der Waals surface area contributed by atoms with Gasteiger partial charge in [-0.25, -0.2) is 0 Å². The molecule has 0 aliphatic rings. The maximum absolute atomic E-state index is 12.2. The first-order chi connectivity index (χ1) is 17.0. The van der Waals surface area contributed by atoms with Crippen molar-refractivity contribution in [1.82, 2.24) is 4.90 Å². The van der Waals surface area contributed by atoms with Crippen LogP contribution in [-0.4, -0.2) is 23.1 Å². The summed E-state index contributed by atoms with van der Waals surface area (Å²) in [5.41, 5.74) is 5.26. The third-order valence-electron chi connectivity index (χ3n) is 6.41. The molecule has 0 saturated carbocycles. The monoisotopic (exact) mass is 465 g/mol. The largest absolute Gasteiger partial charge is 0.497 e. The SMILES string of the molecule is COc1cc(-c2ccccc2)cc(C(CC(=O)O)N(Cc2ccccc2)[C@H](C)c2ccccc2)c1. The smallest absolute Gasteiger partial charge is 0.305 e. The second kappa shape index (κ2) is 11.5. The van der Waals surface area contributed by atoms with Crippen molar-refractivity contribution in [3.63, 3.8) is 0 Å². The number of hydrogen-bond acceptors (Lipinski definition) is 3. The van der Waals surface area contributed by atoms with Gasteiger partial charge in [0.1, 0.15) is 5.75 Å². The van der Waals surface area contributed by atoms with Gasteiger partial charge in [-0.2, -0.15) is 0 Å². The van der Waals surface area contributed by atoms with Crippen LogP contribution < -0.4 is 4.74 Å². The second-order valence-corrected chi connectivity index (χ2v) is 8.72. The topological polar surface area (TPSA) is 49.8 Å². The number of rotatable bonds is 10. The number of benzene rings is 4. The van der Waals surface area contributed by atoms with Crippen LogP contribution >= 0.6 is 0 Å². The Bertz CT molecular complexity index is 1230. The van der Waals surface area contributed by atoms with Gasteiger partial charge in [-0.05, 0) is 52.9 Å². The predicted molar refractivity (Wildman–Crippen MR) is 140 cm³/mol. The van der Waals surface area contributed by atoms with E-state index in [4.69, 9.17) is 4.74 Å². The predicted octanol–water partition coefficient (Wildman–Crippen LogP) is 7.14. The van der Waals surface area contributed by atoms with E-state index in [0.717, 1.165) is 27.8 Å². The van der Waals surface area contributed by atoms with E-state index in [1.165, 1.54) is 0 Å². The first-order valence-electron chi connectivity index (χ1n) is 11.9. The molecule has 4 rings (SSSR count). The Morgan fingerprint density at radius 3 is 2.00 bits per heavy atom. The molecule has 0 aliphatic heterocycles. The molecule has 4 nitrogen and oxygen atoms in total. The summed E-state index contributed by atoms with van der Waals surface area (Å²) in [7, 11) is 1.65. The minimum Gasteiger partial charge on any atom is -0.497 e. The lowest BCUT2D eigenvalue weighted by Gasteiger charge is -2.37. The zero-order valence-corrected chi connectivity index (χ0v) is 20.2. The van der Waals surface area contributed by atoms with Crippen LogP contribution in [0.5, 0.6) is 5.75 Å². The fraction of sp³-hybridized carbons (Fsp3) is 0.194. The van der Waals surface area contributed by atoms with Crippen LogP contribution in [0, 0.1) is 0 Å². The van der Waals surface area contributed by atoms with Crippen molar-refractivity contribution in [2.45, 2.75) is 32.0 Å². The van der Waals surface area contributed by atoms with Gasteiger partial charge in [-0.15, -0.1) is 0 Å². The minimum atomic E-state index is -0.836. The van der Waals surface area contributed by atoms with Crippen molar-refractivity contribution in [2.24, 2.45) is 0 Å². The number of methoxy groups -OCH3 is 1. The molecule has 2 atom stereocenters. The number of hydrogen-bond donors (Lipinski definition) is 1. The number of aliphatic carboxylic acids is 1. The van der Waals surface area contributed by atoms with E-state index in [1.54, 1.807) is 7.11 Å². The van der Waals surface area contributed by atoms with E-state index in [2.05, 4.69) is 54.3 Å². The molecule has 0 spiro atoms. The van der Waals surface area contributed by atoms with Crippen molar-refractivity contribution in [2.75, 3.05) is 7.11 Å². The van der Waals surface area contributed by atoms with Gasteiger partial charge in [0, 0.05) is 18.6 Å².